The molecule has 0 fully saturated rings. The first kappa shape index (κ1) is 17.9. The van der Waals surface area contributed by atoms with Gasteiger partial charge in [0.05, 0.1) is 5.41 Å². The maximum Gasteiger partial charge on any atom is 0.242 e. The van der Waals surface area contributed by atoms with E-state index in [1.807, 2.05) is 20.8 Å². The smallest absolute Gasteiger partial charge is 0.242 e. The third kappa shape index (κ3) is 5.19. The summed E-state index contributed by atoms with van der Waals surface area (Å²) < 4.78 is 0. The Kier molecular flexibility index (Phi) is 5.17. The highest BCUT2D eigenvalue weighted by molar-refractivity contribution is 5.90. The predicted molar refractivity (Wildman–Crippen MR) is 77.5 cm³/mol. The minimum atomic E-state index is -0.761. The fourth-order valence-corrected chi connectivity index (χ4v) is 1.21. The molecule has 0 aliphatic rings. The lowest BCUT2D eigenvalue weighted by Gasteiger charge is -2.37. The van der Waals surface area contributed by atoms with E-state index in [1.54, 1.807) is 34.6 Å². The average Bonchev–Trinajstić information content (AvgIpc) is 2.12. The first-order valence-electron chi connectivity index (χ1n) is 6.60. The SMILES string of the molecule is CC(NC(=O)C(C)(C)C(C)(C)N)C(=O)NC(C)(C)C. The van der Waals surface area contributed by atoms with Gasteiger partial charge in [-0.1, -0.05) is 0 Å². The van der Waals surface area contributed by atoms with Crippen LogP contribution in [0.5, 0.6) is 0 Å². The van der Waals surface area contributed by atoms with Crippen molar-refractivity contribution in [3.63, 3.8) is 0 Å². The molecule has 0 spiro atoms. The highest BCUT2D eigenvalue weighted by Crippen LogP contribution is 2.28. The van der Waals surface area contributed by atoms with Gasteiger partial charge in [0.15, 0.2) is 0 Å². The van der Waals surface area contributed by atoms with E-state index in [0.717, 1.165) is 0 Å². The van der Waals surface area contributed by atoms with Crippen LogP contribution in [0.1, 0.15) is 55.4 Å². The molecule has 5 nitrogen and oxygen atoms in total. The van der Waals surface area contributed by atoms with Gasteiger partial charge in [0.2, 0.25) is 11.8 Å². The number of rotatable bonds is 4. The summed E-state index contributed by atoms with van der Waals surface area (Å²) in [6.07, 6.45) is 0. The van der Waals surface area contributed by atoms with Crippen molar-refractivity contribution in [1.82, 2.24) is 10.6 Å². The molecular formula is C14H29N3O2. The zero-order valence-corrected chi connectivity index (χ0v) is 13.5. The summed E-state index contributed by atoms with van der Waals surface area (Å²) in [5.41, 5.74) is 4.26. The van der Waals surface area contributed by atoms with Crippen molar-refractivity contribution < 1.29 is 9.59 Å². The molecule has 0 bridgehead atoms. The highest BCUT2D eigenvalue weighted by Gasteiger charge is 2.41. The lowest BCUT2D eigenvalue weighted by Crippen LogP contribution is -2.59. The van der Waals surface area contributed by atoms with Crippen molar-refractivity contribution in [2.24, 2.45) is 11.1 Å². The van der Waals surface area contributed by atoms with Crippen LogP contribution in [0.2, 0.25) is 0 Å². The third-order valence-corrected chi connectivity index (χ3v) is 3.42. The van der Waals surface area contributed by atoms with Crippen molar-refractivity contribution in [3.05, 3.63) is 0 Å². The van der Waals surface area contributed by atoms with Gasteiger partial charge in [0.1, 0.15) is 6.04 Å². The molecule has 0 radical (unpaired) electrons. The number of nitrogens with one attached hydrogen (secondary N) is 2. The summed E-state index contributed by atoms with van der Waals surface area (Å²) in [6.45, 7) is 14.5. The molecule has 4 N–H and O–H groups in total. The Balaban J connectivity index is 4.71. The lowest BCUT2D eigenvalue weighted by atomic mass is 9.74. The summed E-state index contributed by atoms with van der Waals surface area (Å²) in [4.78, 5) is 24.1. The van der Waals surface area contributed by atoms with Gasteiger partial charge in [-0.05, 0) is 55.4 Å². The van der Waals surface area contributed by atoms with Gasteiger partial charge in [0.25, 0.3) is 0 Å². The van der Waals surface area contributed by atoms with E-state index < -0.39 is 17.0 Å². The van der Waals surface area contributed by atoms with Gasteiger partial charge in [-0.3, -0.25) is 9.59 Å². The van der Waals surface area contributed by atoms with Gasteiger partial charge >= 0.3 is 0 Å². The second-order valence-electron chi connectivity index (χ2n) is 7.28. The molecule has 19 heavy (non-hydrogen) atoms. The number of hydrogen-bond acceptors (Lipinski definition) is 3. The molecule has 2 amide bonds. The molecule has 0 aromatic heterocycles. The Hall–Kier alpha value is -1.10. The van der Waals surface area contributed by atoms with Gasteiger partial charge in [0, 0.05) is 11.1 Å². The second-order valence-corrected chi connectivity index (χ2v) is 7.28. The normalized spacial score (nSPS) is 14.8. The minimum Gasteiger partial charge on any atom is -0.350 e. The molecule has 1 atom stereocenters. The Labute approximate surface area is 116 Å². The van der Waals surface area contributed by atoms with Crippen LogP contribution in [0.15, 0.2) is 0 Å². The number of amides is 2. The minimum absolute atomic E-state index is 0.202. The Morgan fingerprint density at radius 3 is 1.74 bits per heavy atom. The number of carbonyl (C=O) groups is 2. The van der Waals surface area contributed by atoms with Gasteiger partial charge in [-0.25, -0.2) is 0 Å². The van der Waals surface area contributed by atoms with Crippen molar-refractivity contribution in [3.8, 4) is 0 Å². The first-order valence-corrected chi connectivity index (χ1v) is 6.60. The molecule has 0 saturated heterocycles. The standard InChI is InChI=1S/C14H29N3O2/c1-9(10(18)17-12(2,3)4)16-11(19)13(5,6)14(7,8)15/h9H,15H2,1-8H3,(H,16,19)(H,17,18). The molecule has 0 aliphatic heterocycles. The fourth-order valence-electron chi connectivity index (χ4n) is 1.21. The number of hydrogen-bond donors (Lipinski definition) is 3. The van der Waals surface area contributed by atoms with Crippen LogP contribution in [-0.4, -0.2) is 28.9 Å². The van der Waals surface area contributed by atoms with Gasteiger partial charge in [-0.2, -0.15) is 0 Å². The summed E-state index contributed by atoms with van der Waals surface area (Å²) in [5.74, 6) is -0.428. The predicted octanol–water partition coefficient (Wildman–Crippen LogP) is 1.17. The first-order chi connectivity index (χ1) is 8.18. The van der Waals surface area contributed by atoms with Crippen molar-refractivity contribution >= 4 is 11.8 Å². The molecule has 5 heteroatoms. The summed E-state index contributed by atoms with van der Waals surface area (Å²) >= 11 is 0. The molecule has 0 heterocycles. The monoisotopic (exact) mass is 271 g/mol. The summed E-state index contributed by atoms with van der Waals surface area (Å²) in [6, 6.07) is -0.589. The van der Waals surface area contributed by atoms with Crippen LogP contribution in [0, 0.1) is 5.41 Å². The molecule has 0 rings (SSSR count). The quantitative estimate of drug-likeness (QED) is 0.717. The zero-order valence-electron chi connectivity index (χ0n) is 13.5. The maximum atomic E-state index is 12.2. The average molecular weight is 271 g/mol. The lowest BCUT2D eigenvalue weighted by molar-refractivity contribution is -0.136. The van der Waals surface area contributed by atoms with E-state index >= 15 is 0 Å². The molecular weight excluding hydrogens is 242 g/mol. The molecule has 112 valence electrons. The van der Waals surface area contributed by atoms with E-state index in [4.69, 9.17) is 5.73 Å². The molecule has 0 aromatic rings. The van der Waals surface area contributed by atoms with E-state index in [2.05, 4.69) is 10.6 Å². The highest BCUT2D eigenvalue weighted by atomic mass is 16.2. The van der Waals surface area contributed by atoms with Gasteiger partial charge < -0.3 is 16.4 Å². The molecule has 0 aromatic carbocycles. The summed E-state index contributed by atoms with van der Waals surface area (Å²) in [5, 5.41) is 5.55. The third-order valence-electron chi connectivity index (χ3n) is 3.42. The van der Waals surface area contributed by atoms with E-state index in [1.165, 1.54) is 0 Å². The molecule has 0 saturated carbocycles. The maximum absolute atomic E-state index is 12.2. The number of nitrogens with two attached hydrogens (primary N) is 1. The van der Waals surface area contributed by atoms with Crippen molar-refractivity contribution in [1.29, 1.82) is 0 Å². The van der Waals surface area contributed by atoms with Crippen LogP contribution in [0.3, 0.4) is 0 Å². The van der Waals surface area contributed by atoms with E-state index in [9.17, 15) is 9.59 Å². The Morgan fingerprint density at radius 1 is 1.00 bits per heavy atom. The number of carbonyl (C=O) groups excluding carboxylic acids is 2. The fraction of sp³-hybridized carbons (Fsp3) is 0.857. The summed E-state index contributed by atoms with van der Waals surface area (Å²) in [7, 11) is 0. The van der Waals surface area contributed by atoms with E-state index in [0.29, 0.717) is 0 Å². The van der Waals surface area contributed by atoms with Crippen LogP contribution in [-0.2, 0) is 9.59 Å². The van der Waals surface area contributed by atoms with E-state index in [-0.39, 0.29) is 17.4 Å². The van der Waals surface area contributed by atoms with Crippen molar-refractivity contribution in [2.75, 3.05) is 0 Å². The van der Waals surface area contributed by atoms with Crippen molar-refractivity contribution in [2.45, 2.75) is 72.5 Å². The van der Waals surface area contributed by atoms with Crippen LogP contribution in [0.25, 0.3) is 0 Å². The molecule has 1 unspecified atom stereocenters. The largest absolute Gasteiger partial charge is 0.350 e. The van der Waals surface area contributed by atoms with Crippen LogP contribution < -0.4 is 16.4 Å². The van der Waals surface area contributed by atoms with Crippen LogP contribution in [0.4, 0.5) is 0 Å². The topological polar surface area (TPSA) is 84.2 Å². The Morgan fingerprint density at radius 2 is 1.42 bits per heavy atom. The second kappa shape index (κ2) is 5.49. The zero-order chi connectivity index (χ0) is 15.6. The molecule has 0 aliphatic carbocycles. The Bertz CT molecular complexity index is 349. The van der Waals surface area contributed by atoms with Crippen LogP contribution >= 0.6 is 0 Å². The van der Waals surface area contributed by atoms with Gasteiger partial charge in [-0.15, -0.1) is 0 Å².